The molecule has 1 N–H and O–H groups in total. The van der Waals surface area contributed by atoms with E-state index in [1.165, 1.54) is 0 Å². The second-order valence-electron chi connectivity index (χ2n) is 5.48. The first-order chi connectivity index (χ1) is 11.6. The van der Waals surface area contributed by atoms with Crippen molar-refractivity contribution in [3.63, 3.8) is 0 Å². The lowest BCUT2D eigenvalue weighted by Crippen LogP contribution is -2.14. The van der Waals surface area contributed by atoms with Crippen molar-refractivity contribution in [1.29, 1.82) is 0 Å². The lowest BCUT2D eigenvalue weighted by Gasteiger charge is -2.08. The Balaban J connectivity index is 1.86. The topological polar surface area (TPSA) is 59.8 Å². The Bertz CT molecular complexity index is 874. The van der Waals surface area contributed by atoms with Crippen LogP contribution in [0.25, 0.3) is 0 Å². The average molecular weight is 341 g/mol. The van der Waals surface area contributed by atoms with Crippen LogP contribution in [0.1, 0.15) is 27.3 Å². The summed E-state index contributed by atoms with van der Waals surface area (Å²) in [4.78, 5) is 16.5. The first-order valence-electron chi connectivity index (χ1n) is 7.55. The maximum absolute atomic E-state index is 12.6. The van der Waals surface area contributed by atoms with E-state index in [1.807, 2.05) is 38.1 Å². The van der Waals surface area contributed by atoms with Crippen LogP contribution in [0, 0.1) is 13.8 Å². The molecule has 122 valence electrons. The van der Waals surface area contributed by atoms with E-state index in [9.17, 15) is 4.79 Å². The molecule has 0 aliphatic heterocycles. The van der Waals surface area contributed by atoms with Gasteiger partial charge in [0.05, 0.1) is 17.8 Å². The third-order valence-electron chi connectivity index (χ3n) is 3.82. The molecule has 0 unspecified atom stereocenters. The van der Waals surface area contributed by atoms with Gasteiger partial charge in [0, 0.05) is 28.8 Å². The highest BCUT2D eigenvalue weighted by atomic mass is 35.5. The van der Waals surface area contributed by atoms with Gasteiger partial charge in [0.15, 0.2) is 0 Å². The molecule has 1 amide bonds. The van der Waals surface area contributed by atoms with E-state index in [4.69, 9.17) is 11.6 Å². The van der Waals surface area contributed by atoms with Gasteiger partial charge in [-0.15, -0.1) is 0 Å². The molecule has 3 rings (SSSR count). The number of rotatable bonds is 4. The second kappa shape index (κ2) is 6.84. The summed E-state index contributed by atoms with van der Waals surface area (Å²) in [5.74, 6) is -0.179. The lowest BCUT2D eigenvalue weighted by atomic mass is 10.1. The zero-order valence-electron chi connectivity index (χ0n) is 13.5. The van der Waals surface area contributed by atoms with Crippen LogP contribution in [0.15, 0.2) is 48.8 Å². The molecule has 5 nitrogen and oxygen atoms in total. The molecule has 0 radical (unpaired) electrons. The fraction of sp³-hybridized carbons (Fsp3) is 0.167. The van der Waals surface area contributed by atoms with Gasteiger partial charge >= 0.3 is 0 Å². The van der Waals surface area contributed by atoms with E-state index in [0.717, 1.165) is 11.3 Å². The maximum Gasteiger partial charge on any atom is 0.259 e. The molecule has 0 spiro atoms. The number of hydrogen-bond acceptors (Lipinski definition) is 3. The Morgan fingerprint density at radius 2 is 1.88 bits per heavy atom. The van der Waals surface area contributed by atoms with Gasteiger partial charge in [-0.05, 0) is 37.6 Å². The number of aryl methyl sites for hydroxylation is 1. The first kappa shape index (κ1) is 16.2. The van der Waals surface area contributed by atoms with E-state index in [0.29, 0.717) is 28.5 Å². The van der Waals surface area contributed by atoms with Gasteiger partial charge in [0.2, 0.25) is 0 Å². The first-order valence-corrected chi connectivity index (χ1v) is 7.93. The average Bonchev–Trinajstić information content (AvgIpc) is 2.84. The molecule has 0 saturated heterocycles. The highest BCUT2D eigenvalue weighted by molar-refractivity contribution is 6.31. The largest absolute Gasteiger partial charge is 0.322 e. The maximum atomic E-state index is 12.6. The van der Waals surface area contributed by atoms with Crippen LogP contribution in [-0.2, 0) is 6.54 Å². The third kappa shape index (κ3) is 3.31. The molecular weight excluding hydrogens is 324 g/mol. The van der Waals surface area contributed by atoms with Gasteiger partial charge in [0.1, 0.15) is 0 Å². The van der Waals surface area contributed by atoms with Gasteiger partial charge in [-0.3, -0.25) is 14.5 Å². The van der Waals surface area contributed by atoms with Crippen LogP contribution in [-0.4, -0.2) is 20.7 Å². The van der Waals surface area contributed by atoms with E-state index in [-0.39, 0.29) is 5.91 Å². The molecule has 24 heavy (non-hydrogen) atoms. The molecule has 0 bridgehead atoms. The molecule has 0 fully saturated rings. The summed E-state index contributed by atoms with van der Waals surface area (Å²) in [6.07, 6.45) is 3.27. The number of carbonyl (C=O) groups excluding carboxylic acids is 1. The molecule has 1 aromatic carbocycles. The molecule has 6 heteroatoms. The fourth-order valence-corrected chi connectivity index (χ4v) is 2.79. The molecule has 0 aliphatic carbocycles. The Hall–Kier alpha value is -2.66. The van der Waals surface area contributed by atoms with Crippen LogP contribution in [0.5, 0.6) is 0 Å². The van der Waals surface area contributed by atoms with Gasteiger partial charge in [-0.25, -0.2) is 0 Å². The van der Waals surface area contributed by atoms with Crippen LogP contribution < -0.4 is 5.32 Å². The minimum Gasteiger partial charge on any atom is -0.322 e. The zero-order valence-corrected chi connectivity index (χ0v) is 14.2. The Kier molecular flexibility index (Phi) is 4.62. The van der Waals surface area contributed by atoms with Gasteiger partial charge < -0.3 is 5.32 Å². The summed E-state index contributed by atoms with van der Waals surface area (Å²) in [5, 5.41) is 8.05. The number of benzene rings is 1. The lowest BCUT2D eigenvalue weighted by molar-refractivity contribution is 0.102. The summed E-state index contributed by atoms with van der Waals surface area (Å²) in [6, 6.07) is 11.1. The molecule has 2 heterocycles. The summed E-state index contributed by atoms with van der Waals surface area (Å²) in [7, 11) is 0. The van der Waals surface area contributed by atoms with E-state index in [2.05, 4.69) is 15.4 Å². The van der Waals surface area contributed by atoms with Crippen LogP contribution >= 0.6 is 11.6 Å². The van der Waals surface area contributed by atoms with Crippen LogP contribution in [0.4, 0.5) is 5.69 Å². The third-order valence-corrected chi connectivity index (χ3v) is 4.19. The predicted molar refractivity (Wildman–Crippen MR) is 94.4 cm³/mol. The summed E-state index contributed by atoms with van der Waals surface area (Å²) >= 11 is 6.22. The van der Waals surface area contributed by atoms with Gasteiger partial charge in [-0.1, -0.05) is 29.8 Å². The van der Waals surface area contributed by atoms with E-state index < -0.39 is 0 Å². The number of pyridine rings is 1. The van der Waals surface area contributed by atoms with E-state index in [1.54, 1.807) is 29.2 Å². The minimum atomic E-state index is -0.179. The normalized spacial score (nSPS) is 10.6. The molecule has 0 atom stereocenters. The predicted octanol–water partition coefficient (Wildman–Crippen LogP) is 3.85. The number of aromatic nitrogens is 3. The van der Waals surface area contributed by atoms with E-state index >= 15 is 0 Å². The minimum absolute atomic E-state index is 0.179. The summed E-state index contributed by atoms with van der Waals surface area (Å²) in [5.41, 5.74) is 3.74. The molecule has 0 aliphatic rings. The smallest absolute Gasteiger partial charge is 0.259 e. The van der Waals surface area contributed by atoms with Crippen LogP contribution in [0.3, 0.4) is 0 Å². The summed E-state index contributed by atoms with van der Waals surface area (Å²) < 4.78 is 1.80. The van der Waals surface area contributed by atoms with Crippen molar-refractivity contribution in [1.82, 2.24) is 14.8 Å². The standard InChI is InChI=1S/C18H17ClN4O/c1-12-17(18(24)21-15-7-9-20-10-8-15)13(2)23(22-12)11-14-5-3-4-6-16(14)19/h3-10H,11H2,1-2H3,(H,20,21,24). The molecule has 2 aromatic heterocycles. The number of amides is 1. The highest BCUT2D eigenvalue weighted by Crippen LogP contribution is 2.20. The van der Waals surface area contributed by atoms with Crippen molar-refractivity contribution >= 4 is 23.2 Å². The number of hydrogen-bond donors (Lipinski definition) is 1. The highest BCUT2D eigenvalue weighted by Gasteiger charge is 2.19. The van der Waals surface area contributed by atoms with Crippen molar-refractivity contribution in [3.05, 3.63) is 76.3 Å². The number of anilines is 1. The number of nitrogens with zero attached hydrogens (tertiary/aromatic N) is 3. The Labute approximate surface area is 145 Å². The van der Waals surface area contributed by atoms with Crippen molar-refractivity contribution in [2.75, 3.05) is 5.32 Å². The molecular formula is C18H17ClN4O. The number of carbonyl (C=O) groups is 1. The van der Waals surface area contributed by atoms with Crippen molar-refractivity contribution in [2.45, 2.75) is 20.4 Å². The molecule has 0 saturated carbocycles. The Morgan fingerprint density at radius 3 is 2.58 bits per heavy atom. The molecule has 3 aromatic rings. The number of nitrogens with one attached hydrogen (secondary N) is 1. The van der Waals surface area contributed by atoms with Gasteiger partial charge in [-0.2, -0.15) is 5.10 Å². The number of halogens is 1. The SMILES string of the molecule is Cc1nn(Cc2ccccc2Cl)c(C)c1C(=O)Nc1ccncc1. The fourth-order valence-electron chi connectivity index (χ4n) is 2.60. The van der Waals surface area contributed by atoms with Crippen molar-refractivity contribution in [2.24, 2.45) is 0 Å². The van der Waals surface area contributed by atoms with Gasteiger partial charge in [0.25, 0.3) is 5.91 Å². The second-order valence-corrected chi connectivity index (χ2v) is 5.89. The van der Waals surface area contributed by atoms with Crippen LogP contribution in [0.2, 0.25) is 5.02 Å². The summed E-state index contributed by atoms with van der Waals surface area (Å²) in [6.45, 7) is 4.24. The van der Waals surface area contributed by atoms with Crippen molar-refractivity contribution < 1.29 is 4.79 Å². The zero-order chi connectivity index (χ0) is 17.1. The quantitative estimate of drug-likeness (QED) is 0.784. The monoisotopic (exact) mass is 340 g/mol. The Morgan fingerprint density at radius 1 is 1.17 bits per heavy atom. The van der Waals surface area contributed by atoms with Crippen molar-refractivity contribution in [3.8, 4) is 0 Å².